The van der Waals surface area contributed by atoms with E-state index in [0.717, 1.165) is 117 Å². The molecule has 4 atom stereocenters. The van der Waals surface area contributed by atoms with E-state index in [1.54, 1.807) is 19.6 Å². The predicted octanol–water partition coefficient (Wildman–Crippen LogP) is 9.00. The number of carbonyl (C=O) groups is 6. The highest BCUT2D eigenvalue weighted by atomic mass is 19.1. The fraction of sp³-hybridized carbons (Fsp3) is 0.649. The minimum atomic E-state index is -1.26. The first kappa shape index (κ1) is 82.9. The zero-order valence-corrected chi connectivity index (χ0v) is 63.6. The molecule has 0 unspecified atom stereocenters. The van der Waals surface area contributed by atoms with Gasteiger partial charge in [0.15, 0.2) is 11.6 Å². The molecular weight excluding hydrogens is 1310 g/mol. The van der Waals surface area contributed by atoms with Crippen molar-refractivity contribution in [2.75, 3.05) is 144 Å². The van der Waals surface area contributed by atoms with E-state index in [4.69, 9.17) is 19.7 Å². The van der Waals surface area contributed by atoms with E-state index in [2.05, 4.69) is 102 Å². The van der Waals surface area contributed by atoms with E-state index in [9.17, 15) is 37.5 Å². The Balaban J connectivity index is 0.000000289. The molecule has 2 N–H and O–H groups in total. The number of hydrogen-bond donors (Lipinski definition) is 2. The molecule has 4 aliphatic heterocycles. The van der Waals surface area contributed by atoms with Gasteiger partial charge in [0.25, 0.3) is 23.6 Å². The van der Waals surface area contributed by atoms with Crippen LogP contribution in [-0.4, -0.2) is 273 Å². The van der Waals surface area contributed by atoms with Gasteiger partial charge in [0, 0.05) is 166 Å². The van der Waals surface area contributed by atoms with Gasteiger partial charge in [-0.25, -0.2) is 28.3 Å². The van der Waals surface area contributed by atoms with Crippen molar-refractivity contribution >= 4 is 47.2 Å². The number of halogens is 2. The normalized spacial score (nSPS) is 16.7. The van der Waals surface area contributed by atoms with Crippen LogP contribution in [0.25, 0.3) is 0 Å². The van der Waals surface area contributed by atoms with E-state index in [1.165, 1.54) is 49.1 Å². The molecule has 0 saturated carbocycles. The molecule has 102 heavy (non-hydrogen) atoms. The van der Waals surface area contributed by atoms with Crippen LogP contribution in [0.15, 0.2) is 61.2 Å². The van der Waals surface area contributed by atoms with Crippen LogP contribution < -0.4 is 19.3 Å². The number of aliphatic carboxylic acids is 2. The van der Waals surface area contributed by atoms with E-state index in [-0.39, 0.29) is 92.8 Å². The third-order valence-electron chi connectivity index (χ3n) is 19.8. The highest BCUT2D eigenvalue weighted by molar-refractivity contribution is 5.98. The summed E-state index contributed by atoms with van der Waals surface area (Å²) in [4.78, 5) is 100. The number of amides is 4. The van der Waals surface area contributed by atoms with E-state index in [1.807, 2.05) is 83.6 Å². The number of hydrogen-bond acceptors (Lipinski definition) is 20. The van der Waals surface area contributed by atoms with Gasteiger partial charge in [0.1, 0.15) is 35.8 Å². The molecule has 28 heteroatoms. The fourth-order valence-electron chi connectivity index (χ4n) is 14.8. The molecule has 4 aliphatic rings. The topological polar surface area (TPSA) is 271 Å². The minimum Gasteiger partial charge on any atom is -0.478 e. The molecule has 2 aromatic carbocycles. The maximum atomic E-state index is 14.3. The van der Waals surface area contributed by atoms with Crippen LogP contribution in [0.1, 0.15) is 142 Å². The van der Waals surface area contributed by atoms with Crippen molar-refractivity contribution in [2.24, 2.45) is 34.5 Å². The zero-order valence-electron chi connectivity index (χ0n) is 63.6. The van der Waals surface area contributed by atoms with Crippen LogP contribution in [0.5, 0.6) is 23.3 Å². The van der Waals surface area contributed by atoms with Crippen molar-refractivity contribution in [1.29, 1.82) is 0 Å². The summed E-state index contributed by atoms with van der Waals surface area (Å²) >= 11 is 0. The first-order chi connectivity index (χ1) is 48.1. The summed E-state index contributed by atoms with van der Waals surface area (Å²) in [6.07, 6.45) is 10.4. The Bertz CT molecular complexity index is 3240. The predicted molar refractivity (Wildman–Crippen MR) is 389 cm³/mol. The first-order valence-corrected chi connectivity index (χ1v) is 36.0. The summed E-state index contributed by atoms with van der Waals surface area (Å²) in [7, 11) is 11.5. The van der Waals surface area contributed by atoms with Gasteiger partial charge >= 0.3 is 11.9 Å². The van der Waals surface area contributed by atoms with E-state index in [0.29, 0.717) is 60.8 Å². The largest absolute Gasteiger partial charge is 0.478 e. The van der Waals surface area contributed by atoms with Crippen LogP contribution in [0.3, 0.4) is 0 Å². The second kappa shape index (κ2) is 37.9. The second-order valence-electron chi connectivity index (χ2n) is 29.9. The summed E-state index contributed by atoms with van der Waals surface area (Å²) in [5, 5.41) is 32.1. The molecule has 0 aliphatic carbocycles. The summed E-state index contributed by atoms with van der Waals surface area (Å²) in [6.45, 7) is 36.6. The van der Waals surface area contributed by atoms with Crippen molar-refractivity contribution in [3.63, 3.8) is 0 Å². The molecule has 564 valence electrons. The molecule has 4 fully saturated rings. The van der Waals surface area contributed by atoms with Crippen LogP contribution in [0.4, 0.5) is 20.4 Å². The molecule has 2 aromatic heterocycles. The van der Waals surface area contributed by atoms with Crippen LogP contribution in [0, 0.1) is 46.1 Å². The summed E-state index contributed by atoms with van der Waals surface area (Å²) in [6, 6.07) is 8.85. The Hall–Kier alpha value is -8.08. The average molecular weight is 1430 g/mol. The fourth-order valence-corrected chi connectivity index (χ4v) is 14.8. The highest BCUT2D eigenvalue weighted by Crippen LogP contribution is 2.47. The number of nitrogens with zero attached hydrogens (tertiary/aromatic N) is 16. The number of rotatable bonds is 32. The standard InChI is InChI=1S/2C35H55FN8O3.C4H4O4/c2*1-10-44(25(4)5)34(46)28-18-27(36)13-14-30(28)47-32-31(37-23-38-39-32)42-17-15-35(20-42)21-43(22-35)29(24(2)3)12-11-16-41(9)19-26(6)33(45)40(7)8;5-3(6)1-2-4(7)8/h2*13-14,18,23-26,29H,10-12,15-17,19-22H2,1-9H3;1-2H,(H,5,6)(H,7,8)/b;;2-1+/t2*26-,29+;/m00./s1. The van der Waals surface area contributed by atoms with E-state index >= 15 is 0 Å². The van der Waals surface area contributed by atoms with Gasteiger partial charge in [0.2, 0.25) is 11.8 Å². The average Bonchev–Trinajstić information content (AvgIpc) is 1.58. The molecule has 26 nitrogen and oxygen atoms in total. The maximum Gasteiger partial charge on any atom is 0.328 e. The second-order valence-corrected chi connectivity index (χ2v) is 29.9. The van der Waals surface area contributed by atoms with Crippen molar-refractivity contribution in [3.8, 4) is 23.3 Å². The quantitative estimate of drug-likeness (QED) is 0.0432. The molecule has 6 heterocycles. The van der Waals surface area contributed by atoms with Crippen LogP contribution >= 0.6 is 0 Å². The Labute approximate surface area is 602 Å². The van der Waals surface area contributed by atoms with Gasteiger partial charge in [-0.3, -0.25) is 29.0 Å². The number of aromatic nitrogens is 6. The molecule has 2 spiro atoms. The molecule has 4 saturated heterocycles. The Morgan fingerprint density at radius 1 is 0.549 bits per heavy atom. The minimum absolute atomic E-state index is 0.0102. The highest BCUT2D eigenvalue weighted by Gasteiger charge is 2.52. The third kappa shape index (κ3) is 22.7. The van der Waals surface area contributed by atoms with Crippen molar-refractivity contribution in [1.82, 2.24) is 69.6 Å². The van der Waals surface area contributed by atoms with Crippen molar-refractivity contribution < 1.29 is 57.2 Å². The summed E-state index contributed by atoms with van der Waals surface area (Å²) in [5.74, 6) is -0.680. The molecular formula is C74H114F2N16O10. The Kier molecular flexibility index (Phi) is 30.8. The van der Waals surface area contributed by atoms with Gasteiger partial charge in [-0.05, 0) is 155 Å². The van der Waals surface area contributed by atoms with Gasteiger partial charge in [-0.1, -0.05) is 41.5 Å². The Morgan fingerprint density at radius 2 is 0.902 bits per heavy atom. The van der Waals surface area contributed by atoms with Crippen molar-refractivity contribution in [3.05, 3.63) is 84.0 Å². The molecule has 4 aromatic rings. The molecule has 4 amide bonds. The smallest absolute Gasteiger partial charge is 0.328 e. The lowest BCUT2D eigenvalue weighted by atomic mass is 9.76. The van der Waals surface area contributed by atoms with Gasteiger partial charge in [0.05, 0.1) is 11.1 Å². The van der Waals surface area contributed by atoms with Crippen LogP contribution in [0.2, 0.25) is 0 Å². The lowest BCUT2D eigenvalue weighted by Crippen LogP contribution is -2.62. The molecule has 0 radical (unpaired) electrons. The number of ether oxygens (including phenoxy) is 2. The Morgan fingerprint density at radius 3 is 1.21 bits per heavy atom. The number of carboxylic acid groups (broad SMARTS) is 2. The van der Waals surface area contributed by atoms with E-state index < -0.39 is 23.6 Å². The van der Waals surface area contributed by atoms with Gasteiger partial charge in [-0.2, -0.15) is 0 Å². The summed E-state index contributed by atoms with van der Waals surface area (Å²) < 4.78 is 41.0. The van der Waals surface area contributed by atoms with Gasteiger partial charge < -0.3 is 58.9 Å². The molecule has 8 rings (SSSR count). The number of anilines is 2. The summed E-state index contributed by atoms with van der Waals surface area (Å²) in [5.41, 5.74) is 0.632. The number of benzene rings is 2. The first-order valence-electron chi connectivity index (χ1n) is 36.0. The maximum absolute atomic E-state index is 14.3. The number of carboxylic acids is 2. The van der Waals surface area contributed by atoms with Crippen LogP contribution in [-0.2, 0) is 19.2 Å². The van der Waals surface area contributed by atoms with Gasteiger partial charge in [-0.15, -0.1) is 20.4 Å². The third-order valence-corrected chi connectivity index (χ3v) is 19.8. The lowest BCUT2D eigenvalue weighted by Gasteiger charge is -2.53. The van der Waals surface area contributed by atoms with Crippen molar-refractivity contribution in [2.45, 2.75) is 146 Å². The number of likely N-dealkylation sites (tertiary alicyclic amines) is 2. The molecule has 0 bridgehead atoms. The number of carbonyl (C=O) groups excluding carboxylic acids is 4. The monoisotopic (exact) mass is 1420 g/mol. The SMILES string of the molecule is CCN(C(=O)c1cc(F)ccc1Oc1nncnc1N1CCC2(C1)CN([C@H](CCCN(C)C[C@H](C)C(=O)N(C)C)C(C)C)C2)C(C)C.CCN(C(=O)c1cc(F)ccc1Oc1nncnc1N1CCC2(C1)CN([C@H](CCCN(C)C[C@H](C)C(=O)N(C)C)C(C)C)C2)C(C)C.O=C(O)/C=C/C(=O)O. The zero-order chi connectivity index (χ0) is 75.5. The lowest BCUT2D eigenvalue weighted by molar-refractivity contribution is -0.134.